The second kappa shape index (κ2) is 13.3. The van der Waals surface area contributed by atoms with Gasteiger partial charge in [0, 0.05) is 43.0 Å². The Balaban J connectivity index is 1.41. The van der Waals surface area contributed by atoms with Crippen LogP contribution in [0.15, 0.2) is 36.4 Å². The van der Waals surface area contributed by atoms with Crippen molar-refractivity contribution < 1.29 is 36.7 Å². The number of amides is 3. The highest BCUT2D eigenvalue weighted by molar-refractivity contribution is 7.92. The Bertz CT molecular complexity index is 1600. The topological polar surface area (TPSA) is 156 Å². The number of ether oxygens (including phenoxy) is 2. The number of nitrogens with zero attached hydrogens (tertiary/aromatic N) is 2. The smallest absolute Gasteiger partial charge is 0.411 e. The number of carbonyl (C=O) groups is 3. The average molecular weight is 634 g/mol. The summed E-state index contributed by atoms with van der Waals surface area (Å²) in [5.41, 5.74) is 1.41. The summed E-state index contributed by atoms with van der Waals surface area (Å²) >= 11 is 0.984. The number of sulfone groups is 1. The van der Waals surface area contributed by atoms with Gasteiger partial charge in [-0.15, -0.1) is 11.3 Å². The summed E-state index contributed by atoms with van der Waals surface area (Å²) in [6, 6.07) is 9.26. The van der Waals surface area contributed by atoms with Gasteiger partial charge in [-0.3, -0.25) is 19.8 Å². The van der Waals surface area contributed by atoms with Crippen molar-refractivity contribution in [2.24, 2.45) is 0 Å². The van der Waals surface area contributed by atoms with Crippen LogP contribution < -0.4 is 16.0 Å². The largest absolute Gasteiger partial charge is 0.453 e. The number of anilines is 1. The molecule has 15 heteroatoms. The first-order valence-electron chi connectivity index (χ1n) is 13.8. The third-order valence-electron chi connectivity index (χ3n) is 7.10. The Hall–Kier alpha value is -3.66. The highest BCUT2D eigenvalue weighted by atomic mass is 32.2. The SMILES string of the molecule is COC(=O)Nc1ccc(-c2cc3sc(C(C(=O)NCC(=O)NC4CC4)S(=O)(=O)CCN4CCOCC4)nc3cc2F)cc1. The van der Waals surface area contributed by atoms with Crippen molar-refractivity contribution >= 4 is 55.0 Å². The van der Waals surface area contributed by atoms with Gasteiger partial charge in [-0.25, -0.2) is 22.6 Å². The molecule has 1 aliphatic carbocycles. The zero-order chi connectivity index (χ0) is 30.6. The van der Waals surface area contributed by atoms with Gasteiger partial charge in [0.15, 0.2) is 15.1 Å². The van der Waals surface area contributed by atoms with Gasteiger partial charge < -0.3 is 20.1 Å². The summed E-state index contributed by atoms with van der Waals surface area (Å²) in [6.45, 7) is 2.00. The van der Waals surface area contributed by atoms with Crippen LogP contribution in [0.1, 0.15) is 23.1 Å². The average Bonchev–Trinajstić information content (AvgIpc) is 3.72. The van der Waals surface area contributed by atoms with E-state index in [0.29, 0.717) is 42.3 Å². The lowest BCUT2D eigenvalue weighted by Crippen LogP contribution is -2.43. The predicted molar refractivity (Wildman–Crippen MR) is 159 cm³/mol. The van der Waals surface area contributed by atoms with Crippen LogP contribution in [0.5, 0.6) is 0 Å². The molecule has 0 spiro atoms. The highest BCUT2D eigenvalue weighted by Crippen LogP contribution is 2.36. The van der Waals surface area contributed by atoms with Crippen LogP contribution in [-0.2, 0) is 28.9 Å². The number of carbonyl (C=O) groups excluding carboxylic acids is 3. The van der Waals surface area contributed by atoms with Gasteiger partial charge in [0.25, 0.3) is 0 Å². The van der Waals surface area contributed by atoms with E-state index < -0.39 is 38.8 Å². The number of fused-ring (bicyclic) bond motifs is 1. The molecule has 1 aromatic heterocycles. The summed E-state index contributed by atoms with van der Waals surface area (Å²) in [5, 5.41) is 6.07. The number of halogens is 1. The second-order valence-corrected chi connectivity index (χ2v) is 13.6. The van der Waals surface area contributed by atoms with Crippen molar-refractivity contribution in [2.75, 3.05) is 57.6 Å². The van der Waals surface area contributed by atoms with Gasteiger partial charge in [0.1, 0.15) is 10.8 Å². The van der Waals surface area contributed by atoms with Gasteiger partial charge >= 0.3 is 6.09 Å². The lowest BCUT2D eigenvalue weighted by Gasteiger charge is -2.27. The van der Waals surface area contributed by atoms with Crippen molar-refractivity contribution in [3.63, 3.8) is 0 Å². The number of morpholine rings is 1. The first kappa shape index (κ1) is 30.8. The van der Waals surface area contributed by atoms with E-state index in [4.69, 9.17) is 4.74 Å². The Labute approximate surface area is 251 Å². The van der Waals surface area contributed by atoms with E-state index in [1.54, 1.807) is 30.3 Å². The van der Waals surface area contributed by atoms with Crippen LogP contribution in [0.4, 0.5) is 14.9 Å². The van der Waals surface area contributed by atoms with E-state index in [9.17, 15) is 22.8 Å². The lowest BCUT2D eigenvalue weighted by atomic mass is 10.0. The number of hydrogen-bond acceptors (Lipinski definition) is 10. The molecule has 0 radical (unpaired) electrons. The predicted octanol–water partition coefficient (Wildman–Crippen LogP) is 2.46. The minimum Gasteiger partial charge on any atom is -0.453 e. The molecule has 1 atom stereocenters. The van der Waals surface area contributed by atoms with Gasteiger partial charge in [-0.2, -0.15) is 0 Å². The van der Waals surface area contributed by atoms with Crippen LogP contribution >= 0.6 is 11.3 Å². The molecule has 12 nitrogen and oxygen atoms in total. The van der Waals surface area contributed by atoms with E-state index in [0.717, 1.165) is 24.2 Å². The number of thiazole rings is 1. The van der Waals surface area contributed by atoms with Crippen LogP contribution in [0.2, 0.25) is 0 Å². The molecular formula is C28H32FN5O7S2. The Morgan fingerprint density at radius 1 is 1.16 bits per heavy atom. The lowest BCUT2D eigenvalue weighted by molar-refractivity contribution is -0.126. The second-order valence-electron chi connectivity index (χ2n) is 10.3. The Kier molecular flexibility index (Phi) is 9.54. The van der Waals surface area contributed by atoms with E-state index in [1.165, 1.54) is 13.2 Å². The van der Waals surface area contributed by atoms with Gasteiger partial charge in [-0.1, -0.05) is 12.1 Å². The fourth-order valence-corrected chi connectivity index (χ4v) is 7.67. The maximum absolute atomic E-state index is 15.2. The van der Waals surface area contributed by atoms with E-state index in [1.807, 2.05) is 4.90 Å². The van der Waals surface area contributed by atoms with Gasteiger partial charge in [-0.05, 0) is 36.6 Å². The van der Waals surface area contributed by atoms with Crippen molar-refractivity contribution in [1.29, 1.82) is 0 Å². The molecule has 2 heterocycles. The van der Waals surface area contributed by atoms with E-state index in [2.05, 4.69) is 25.7 Å². The molecule has 1 saturated heterocycles. The number of nitrogens with one attached hydrogen (secondary N) is 3. The normalized spacial score (nSPS) is 16.4. The molecule has 1 unspecified atom stereocenters. The first-order chi connectivity index (χ1) is 20.6. The zero-order valence-corrected chi connectivity index (χ0v) is 25.1. The van der Waals surface area contributed by atoms with Crippen molar-refractivity contribution in [3.8, 4) is 11.1 Å². The summed E-state index contributed by atoms with van der Waals surface area (Å²) in [5.74, 6) is -2.16. The molecule has 3 aromatic rings. The van der Waals surface area contributed by atoms with Crippen molar-refractivity contribution in [3.05, 3.63) is 47.2 Å². The summed E-state index contributed by atoms with van der Waals surface area (Å²) < 4.78 is 52.9. The quantitative estimate of drug-likeness (QED) is 0.289. The maximum atomic E-state index is 15.2. The number of methoxy groups -OCH3 is 1. The number of benzene rings is 2. The van der Waals surface area contributed by atoms with E-state index >= 15 is 4.39 Å². The molecule has 3 N–H and O–H groups in total. The third-order valence-corrected chi connectivity index (χ3v) is 10.2. The summed E-state index contributed by atoms with van der Waals surface area (Å²) in [4.78, 5) is 43.3. The molecule has 2 aromatic carbocycles. The number of rotatable bonds is 11. The summed E-state index contributed by atoms with van der Waals surface area (Å²) in [7, 11) is -2.84. The van der Waals surface area contributed by atoms with E-state index in [-0.39, 0.29) is 41.0 Å². The Morgan fingerprint density at radius 3 is 2.56 bits per heavy atom. The number of hydrogen-bond donors (Lipinski definition) is 3. The van der Waals surface area contributed by atoms with Gasteiger partial charge in [0.05, 0.1) is 42.8 Å². The minimum atomic E-state index is -4.09. The van der Waals surface area contributed by atoms with Crippen molar-refractivity contribution in [2.45, 2.75) is 24.1 Å². The Morgan fingerprint density at radius 2 is 1.88 bits per heavy atom. The molecule has 0 bridgehead atoms. The van der Waals surface area contributed by atoms with Crippen LogP contribution in [0.25, 0.3) is 21.3 Å². The standard InChI is InChI=1S/C28H32FN5O7S2/c1-40-28(37)32-19-4-2-17(3-5-19)20-14-23-22(15-21(20)29)33-27(42-23)25(26(36)30-16-24(35)31-18-6-7-18)43(38,39)13-10-34-8-11-41-12-9-34/h2-5,14-15,18,25H,6-13,16H2,1H3,(H,30,36)(H,31,35)(H,32,37). The summed E-state index contributed by atoms with van der Waals surface area (Å²) in [6.07, 6.45) is 1.10. The molecule has 1 aliphatic heterocycles. The molecule has 1 saturated carbocycles. The molecule has 43 heavy (non-hydrogen) atoms. The van der Waals surface area contributed by atoms with Crippen LogP contribution in [0.3, 0.4) is 0 Å². The van der Waals surface area contributed by atoms with Crippen LogP contribution in [0, 0.1) is 5.82 Å². The number of aromatic nitrogens is 1. The van der Waals surface area contributed by atoms with Gasteiger partial charge in [0.2, 0.25) is 11.8 Å². The zero-order valence-electron chi connectivity index (χ0n) is 23.4. The minimum absolute atomic E-state index is 0.00810. The third kappa shape index (κ3) is 7.84. The molecule has 3 amide bonds. The molecular weight excluding hydrogens is 601 g/mol. The highest BCUT2D eigenvalue weighted by Gasteiger charge is 2.37. The molecule has 230 valence electrons. The van der Waals surface area contributed by atoms with Crippen molar-refractivity contribution in [1.82, 2.24) is 20.5 Å². The molecule has 2 aliphatic rings. The monoisotopic (exact) mass is 633 g/mol. The maximum Gasteiger partial charge on any atom is 0.411 e. The molecule has 5 rings (SSSR count). The fourth-order valence-electron chi connectivity index (χ4n) is 4.60. The fraction of sp³-hybridized carbons (Fsp3) is 0.429. The van der Waals surface area contributed by atoms with Crippen LogP contribution in [-0.4, -0.2) is 94.5 Å². The molecule has 2 fully saturated rings. The first-order valence-corrected chi connectivity index (χ1v) is 16.3.